The van der Waals surface area contributed by atoms with Crippen LogP contribution in [0.4, 0.5) is 32.0 Å². The van der Waals surface area contributed by atoms with E-state index in [2.05, 4.69) is 9.73 Å². The molecule has 0 fully saturated rings. The molecule has 11 heteroatoms. The number of halogens is 6. The second-order valence-electron chi connectivity index (χ2n) is 8.61. The van der Waals surface area contributed by atoms with Gasteiger partial charge in [-0.25, -0.2) is 4.99 Å². The third-order valence-electron chi connectivity index (χ3n) is 6.08. The molecule has 0 atom stereocenters. The maximum Gasteiger partial charge on any atom is 0.573 e. The highest BCUT2D eigenvalue weighted by Gasteiger charge is 2.33. The highest BCUT2D eigenvalue weighted by atomic mass is 19.4. The first-order chi connectivity index (χ1) is 17.9. The van der Waals surface area contributed by atoms with Crippen LogP contribution in [0.2, 0.25) is 0 Å². The summed E-state index contributed by atoms with van der Waals surface area (Å²) in [6.07, 6.45) is -9.05. The maximum absolute atomic E-state index is 13.8. The van der Waals surface area contributed by atoms with Gasteiger partial charge in [-0.3, -0.25) is 0 Å². The lowest BCUT2D eigenvalue weighted by Crippen LogP contribution is -2.26. The standard InChI is InChI=1S/C27H25F6N3O2/c1-3-19-13-20(26(28,29)30)14-23-24(19)35(4-2)25(36(23)15-17-5-7-18(16-37)8-6-17)34-21-9-11-22(12-10-21)38-27(31,32)33/h5-14,37H,3-4,15-16H2,1-2H3. The zero-order valence-electron chi connectivity index (χ0n) is 20.6. The first-order valence-electron chi connectivity index (χ1n) is 11.9. The molecule has 0 saturated carbocycles. The number of aliphatic hydroxyl groups excluding tert-OH is 1. The van der Waals surface area contributed by atoms with E-state index >= 15 is 0 Å². The fourth-order valence-electron chi connectivity index (χ4n) is 4.33. The Bertz CT molecular complexity index is 1480. The maximum atomic E-state index is 13.8. The van der Waals surface area contributed by atoms with Gasteiger partial charge in [0.1, 0.15) is 5.75 Å². The molecular weight excluding hydrogens is 512 g/mol. The Morgan fingerprint density at radius 3 is 2.00 bits per heavy atom. The first kappa shape index (κ1) is 27.3. The second kappa shape index (κ2) is 10.6. The summed E-state index contributed by atoms with van der Waals surface area (Å²) in [4.78, 5) is 4.65. The molecule has 0 aliphatic heterocycles. The van der Waals surface area contributed by atoms with E-state index in [9.17, 15) is 31.4 Å². The molecule has 1 aromatic heterocycles. The average molecular weight is 538 g/mol. The summed E-state index contributed by atoms with van der Waals surface area (Å²) in [5.74, 6) is -0.410. The molecule has 0 aliphatic carbocycles. The Balaban J connectivity index is 1.97. The molecule has 5 nitrogen and oxygen atoms in total. The van der Waals surface area contributed by atoms with Crippen LogP contribution in [0.3, 0.4) is 0 Å². The zero-order valence-corrected chi connectivity index (χ0v) is 20.6. The molecule has 1 N–H and O–H groups in total. The molecule has 0 amide bonds. The fourth-order valence-corrected chi connectivity index (χ4v) is 4.33. The number of rotatable bonds is 7. The van der Waals surface area contributed by atoms with Crippen LogP contribution >= 0.6 is 0 Å². The van der Waals surface area contributed by atoms with Gasteiger partial charge in [-0.15, -0.1) is 13.2 Å². The van der Waals surface area contributed by atoms with Crippen LogP contribution in [-0.4, -0.2) is 20.6 Å². The number of hydrogen-bond acceptors (Lipinski definition) is 3. The number of benzene rings is 3. The van der Waals surface area contributed by atoms with E-state index in [-0.39, 0.29) is 13.2 Å². The van der Waals surface area contributed by atoms with Gasteiger partial charge in [0.15, 0.2) is 0 Å². The number of fused-ring (bicyclic) bond motifs is 1. The number of ether oxygens (including phenoxy) is 1. The van der Waals surface area contributed by atoms with E-state index in [0.29, 0.717) is 46.4 Å². The molecule has 0 saturated heterocycles. The van der Waals surface area contributed by atoms with Crippen molar-refractivity contribution in [3.63, 3.8) is 0 Å². The van der Waals surface area contributed by atoms with Gasteiger partial charge in [-0.2, -0.15) is 13.2 Å². The molecule has 0 radical (unpaired) electrons. The summed E-state index contributed by atoms with van der Waals surface area (Å²) in [6, 6.07) is 14.2. The van der Waals surface area contributed by atoms with Crippen molar-refractivity contribution in [3.05, 3.63) is 88.5 Å². The summed E-state index contributed by atoms with van der Waals surface area (Å²) in [5.41, 5.74) is 2.75. The van der Waals surface area contributed by atoms with Gasteiger partial charge in [0.25, 0.3) is 0 Å². The molecule has 0 spiro atoms. The number of nitrogens with zero attached hydrogens (tertiary/aromatic N) is 3. The molecule has 0 bridgehead atoms. The largest absolute Gasteiger partial charge is 0.573 e. The topological polar surface area (TPSA) is 51.7 Å². The van der Waals surface area contributed by atoms with E-state index in [1.54, 1.807) is 40.3 Å². The van der Waals surface area contributed by atoms with Crippen LogP contribution in [0.5, 0.6) is 5.75 Å². The minimum absolute atomic E-state index is 0.147. The molecule has 4 rings (SSSR count). The lowest BCUT2D eigenvalue weighted by molar-refractivity contribution is -0.274. The number of hydrogen-bond donors (Lipinski definition) is 1. The predicted molar refractivity (Wildman–Crippen MR) is 130 cm³/mol. The molecular formula is C27H25F6N3O2. The van der Waals surface area contributed by atoms with E-state index in [1.807, 2.05) is 6.92 Å². The summed E-state index contributed by atoms with van der Waals surface area (Å²) in [7, 11) is 0. The van der Waals surface area contributed by atoms with E-state index in [1.165, 1.54) is 12.1 Å². The Labute approximate surface area is 214 Å². The van der Waals surface area contributed by atoms with Crippen molar-refractivity contribution < 1.29 is 36.2 Å². The predicted octanol–water partition coefficient (Wildman–Crippen LogP) is 6.72. The van der Waals surface area contributed by atoms with Gasteiger partial charge in [0.2, 0.25) is 5.62 Å². The van der Waals surface area contributed by atoms with Gasteiger partial charge in [0, 0.05) is 6.54 Å². The molecule has 0 unspecified atom stereocenters. The van der Waals surface area contributed by atoms with Gasteiger partial charge in [0.05, 0.1) is 35.4 Å². The quantitative estimate of drug-likeness (QED) is 0.266. The summed E-state index contributed by atoms with van der Waals surface area (Å²) < 4.78 is 86.5. The molecule has 0 aliphatic rings. The number of aromatic nitrogens is 2. The summed E-state index contributed by atoms with van der Waals surface area (Å²) in [5, 5.41) is 9.35. The van der Waals surface area contributed by atoms with Gasteiger partial charge >= 0.3 is 12.5 Å². The average Bonchev–Trinajstić information content (AvgIpc) is 3.15. The molecule has 4 aromatic rings. The van der Waals surface area contributed by atoms with E-state index in [4.69, 9.17) is 0 Å². The number of alkyl halides is 6. The molecule has 38 heavy (non-hydrogen) atoms. The normalized spacial score (nSPS) is 12.9. The highest BCUT2D eigenvalue weighted by molar-refractivity contribution is 5.81. The Kier molecular flexibility index (Phi) is 7.59. The third-order valence-corrected chi connectivity index (χ3v) is 6.08. The van der Waals surface area contributed by atoms with Crippen molar-refractivity contribution in [2.24, 2.45) is 4.99 Å². The van der Waals surface area contributed by atoms with Crippen molar-refractivity contribution in [2.75, 3.05) is 0 Å². The molecule has 1 heterocycles. The SMILES string of the molecule is CCc1cc(C(F)(F)F)cc2c1n(CC)c(=Nc1ccc(OC(F)(F)F)cc1)n2Cc1ccc(CO)cc1. The van der Waals surface area contributed by atoms with E-state index in [0.717, 1.165) is 29.8 Å². The van der Waals surface area contributed by atoms with Gasteiger partial charge in [-0.1, -0.05) is 31.2 Å². The Morgan fingerprint density at radius 2 is 1.47 bits per heavy atom. The van der Waals surface area contributed by atoms with Crippen molar-refractivity contribution >= 4 is 16.7 Å². The zero-order chi connectivity index (χ0) is 27.7. The van der Waals surface area contributed by atoms with E-state index < -0.39 is 23.9 Å². The van der Waals surface area contributed by atoms with Crippen LogP contribution < -0.4 is 10.4 Å². The van der Waals surface area contributed by atoms with Crippen LogP contribution in [0.25, 0.3) is 11.0 Å². The first-order valence-corrected chi connectivity index (χ1v) is 11.9. The van der Waals surface area contributed by atoms with Crippen LogP contribution in [-0.2, 0) is 32.3 Å². The third kappa shape index (κ3) is 5.88. The number of aliphatic hydroxyl groups is 1. The van der Waals surface area contributed by atoms with Crippen molar-refractivity contribution in [2.45, 2.75) is 52.5 Å². The minimum Gasteiger partial charge on any atom is -0.406 e. The van der Waals surface area contributed by atoms with Crippen molar-refractivity contribution in [1.82, 2.24) is 9.13 Å². The monoisotopic (exact) mass is 537 g/mol. The van der Waals surface area contributed by atoms with Crippen LogP contribution in [0, 0.1) is 0 Å². The van der Waals surface area contributed by atoms with Gasteiger partial charge in [-0.05, 0) is 66.4 Å². The number of aryl methyl sites for hydroxylation is 2. The van der Waals surface area contributed by atoms with Crippen LogP contribution in [0.15, 0.2) is 65.7 Å². The van der Waals surface area contributed by atoms with Gasteiger partial charge < -0.3 is 19.0 Å². The Hall–Kier alpha value is -3.73. The van der Waals surface area contributed by atoms with Crippen LogP contribution in [0.1, 0.15) is 36.1 Å². The highest BCUT2D eigenvalue weighted by Crippen LogP contribution is 2.34. The lowest BCUT2D eigenvalue weighted by atomic mass is 10.1. The second-order valence-corrected chi connectivity index (χ2v) is 8.61. The van der Waals surface area contributed by atoms with Crippen molar-refractivity contribution in [3.8, 4) is 5.75 Å². The minimum atomic E-state index is -4.84. The summed E-state index contributed by atoms with van der Waals surface area (Å²) in [6.45, 7) is 4.03. The fraction of sp³-hybridized carbons (Fsp3) is 0.296. The molecule has 3 aromatic carbocycles. The summed E-state index contributed by atoms with van der Waals surface area (Å²) >= 11 is 0. The Morgan fingerprint density at radius 1 is 0.842 bits per heavy atom. The number of imidazole rings is 1. The smallest absolute Gasteiger partial charge is 0.406 e. The van der Waals surface area contributed by atoms with Crippen molar-refractivity contribution in [1.29, 1.82) is 0 Å². The lowest BCUT2D eigenvalue weighted by Gasteiger charge is -2.12. The molecule has 202 valence electrons.